The van der Waals surface area contributed by atoms with E-state index in [4.69, 9.17) is 14.6 Å². The Morgan fingerprint density at radius 3 is 2.97 bits per heavy atom. The van der Waals surface area contributed by atoms with Crippen LogP contribution in [0.25, 0.3) is 0 Å². The number of carbonyl (C=O) groups is 1. The van der Waals surface area contributed by atoms with Gasteiger partial charge in [0.05, 0.1) is 35.0 Å². The maximum Gasteiger partial charge on any atom is 0.306 e. The lowest BCUT2D eigenvalue weighted by Gasteiger charge is -2.44. The highest BCUT2D eigenvalue weighted by molar-refractivity contribution is 7.12. The van der Waals surface area contributed by atoms with E-state index in [-0.39, 0.29) is 11.9 Å². The molecular weight excluding hydrogens is 386 g/mol. The van der Waals surface area contributed by atoms with Crippen LogP contribution in [0.5, 0.6) is 11.5 Å². The summed E-state index contributed by atoms with van der Waals surface area (Å²) in [6.45, 7) is 0. The minimum atomic E-state index is -1.36. The van der Waals surface area contributed by atoms with Crippen molar-refractivity contribution in [2.45, 2.75) is 18.2 Å². The van der Waals surface area contributed by atoms with E-state index in [0.717, 1.165) is 28.1 Å². The first-order valence-corrected chi connectivity index (χ1v) is 10.3. The third kappa shape index (κ3) is 2.16. The van der Waals surface area contributed by atoms with Crippen LogP contribution in [-0.4, -0.2) is 23.7 Å². The Morgan fingerprint density at radius 1 is 1.24 bits per heavy atom. The molecule has 0 fully saturated rings. The predicted molar refractivity (Wildman–Crippen MR) is 110 cm³/mol. The standard InChI is InChI=1S/C22H17N3O3S/c1-27-13-8-9-16-15(11-13)22(21(26)23-16)25-18(14-5-2-3-6-19(14)28-22)12-17(24-25)20-7-4-10-29-20/h2-11,18H,12H2,1H3,(H,23,26). The van der Waals surface area contributed by atoms with Crippen molar-refractivity contribution in [1.29, 1.82) is 0 Å². The molecule has 3 aliphatic rings. The number of methoxy groups -OCH3 is 1. The number of thiophene rings is 1. The lowest BCUT2D eigenvalue weighted by atomic mass is 9.93. The van der Waals surface area contributed by atoms with E-state index in [2.05, 4.69) is 11.4 Å². The number of nitrogens with one attached hydrogen (secondary N) is 1. The fourth-order valence-electron chi connectivity index (χ4n) is 4.39. The Bertz CT molecular complexity index is 1170. The van der Waals surface area contributed by atoms with E-state index in [0.29, 0.717) is 17.2 Å². The van der Waals surface area contributed by atoms with Crippen molar-refractivity contribution in [3.8, 4) is 11.5 Å². The molecule has 1 aromatic heterocycles. The molecule has 2 unspecified atom stereocenters. The Labute approximate surface area is 171 Å². The van der Waals surface area contributed by atoms with Crippen LogP contribution >= 0.6 is 11.3 Å². The van der Waals surface area contributed by atoms with Crippen molar-refractivity contribution >= 4 is 28.6 Å². The van der Waals surface area contributed by atoms with Gasteiger partial charge in [-0.3, -0.25) is 4.79 Å². The molecule has 1 amide bonds. The molecule has 3 aliphatic heterocycles. The van der Waals surface area contributed by atoms with Crippen molar-refractivity contribution < 1.29 is 14.3 Å². The summed E-state index contributed by atoms with van der Waals surface area (Å²) >= 11 is 1.65. The number of hydrogen-bond acceptors (Lipinski definition) is 6. The van der Waals surface area contributed by atoms with Crippen LogP contribution < -0.4 is 14.8 Å². The Morgan fingerprint density at radius 2 is 2.14 bits per heavy atom. The summed E-state index contributed by atoms with van der Waals surface area (Å²) < 4.78 is 11.9. The zero-order valence-electron chi connectivity index (χ0n) is 15.6. The molecule has 3 aromatic rings. The average Bonchev–Trinajstić information content (AvgIpc) is 3.47. The second-order valence-corrected chi connectivity index (χ2v) is 8.19. The SMILES string of the molecule is COc1ccc2c(c1)C1(Oc3ccccc3C3CC(c4cccs4)=NN31)C(=O)N2. The van der Waals surface area contributed by atoms with Crippen LogP contribution in [0.4, 0.5) is 5.69 Å². The van der Waals surface area contributed by atoms with Crippen LogP contribution in [0.2, 0.25) is 0 Å². The number of amides is 1. The van der Waals surface area contributed by atoms with Gasteiger partial charge in [-0.05, 0) is 35.7 Å². The Kier molecular flexibility index (Phi) is 3.35. The molecule has 144 valence electrons. The molecule has 6 nitrogen and oxygen atoms in total. The van der Waals surface area contributed by atoms with Crippen LogP contribution in [0, 0.1) is 0 Å². The maximum absolute atomic E-state index is 13.4. The summed E-state index contributed by atoms with van der Waals surface area (Å²) in [6, 6.07) is 17.4. The van der Waals surface area contributed by atoms with Gasteiger partial charge >= 0.3 is 5.72 Å². The first-order valence-electron chi connectivity index (χ1n) is 9.39. The number of ether oxygens (including phenoxy) is 2. The van der Waals surface area contributed by atoms with E-state index in [1.165, 1.54) is 0 Å². The molecule has 7 heteroatoms. The third-order valence-electron chi connectivity index (χ3n) is 5.72. The lowest BCUT2D eigenvalue weighted by molar-refractivity contribution is -0.161. The molecule has 6 rings (SSSR count). The second kappa shape index (κ2) is 5.84. The fourth-order valence-corrected chi connectivity index (χ4v) is 5.11. The number of rotatable bonds is 2. The van der Waals surface area contributed by atoms with Gasteiger partial charge in [0.25, 0.3) is 5.91 Å². The van der Waals surface area contributed by atoms with Gasteiger partial charge in [-0.2, -0.15) is 5.10 Å². The topological polar surface area (TPSA) is 63.2 Å². The monoisotopic (exact) mass is 403 g/mol. The molecule has 29 heavy (non-hydrogen) atoms. The van der Waals surface area contributed by atoms with Gasteiger partial charge in [0.2, 0.25) is 0 Å². The summed E-state index contributed by atoms with van der Waals surface area (Å²) in [5.41, 5.74) is 2.08. The van der Waals surface area contributed by atoms with Gasteiger partial charge in [0, 0.05) is 12.0 Å². The number of benzene rings is 2. The molecule has 4 heterocycles. The quantitative estimate of drug-likeness (QED) is 0.700. The van der Waals surface area contributed by atoms with Crippen molar-refractivity contribution in [2.24, 2.45) is 5.10 Å². The first kappa shape index (κ1) is 16.6. The number of para-hydroxylation sites is 1. The van der Waals surface area contributed by atoms with E-state index < -0.39 is 5.72 Å². The summed E-state index contributed by atoms with van der Waals surface area (Å²) in [6.07, 6.45) is 0.717. The number of fused-ring (bicyclic) bond motifs is 6. The van der Waals surface area contributed by atoms with Crippen molar-refractivity contribution in [3.63, 3.8) is 0 Å². The normalized spacial score (nSPS) is 23.8. The summed E-state index contributed by atoms with van der Waals surface area (Å²) in [5.74, 6) is 1.14. The molecule has 1 N–H and O–H groups in total. The van der Waals surface area contributed by atoms with E-state index >= 15 is 0 Å². The van der Waals surface area contributed by atoms with Gasteiger partial charge in [0.15, 0.2) is 0 Å². The van der Waals surface area contributed by atoms with Crippen LogP contribution in [0.3, 0.4) is 0 Å². The Balaban J connectivity index is 1.59. The van der Waals surface area contributed by atoms with E-state index in [1.54, 1.807) is 18.4 Å². The molecule has 1 spiro atoms. The fraction of sp³-hybridized carbons (Fsp3) is 0.182. The molecule has 0 radical (unpaired) electrons. The molecule has 0 bridgehead atoms. The van der Waals surface area contributed by atoms with E-state index in [1.807, 2.05) is 58.9 Å². The molecule has 0 aliphatic carbocycles. The minimum absolute atomic E-state index is 0.0834. The van der Waals surface area contributed by atoms with Gasteiger partial charge in [-0.1, -0.05) is 24.3 Å². The van der Waals surface area contributed by atoms with Crippen LogP contribution in [0.15, 0.2) is 65.1 Å². The number of nitrogens with zero attached hydrogens (tertiary/aromatic N) is 2. The molecular formula is C22H17N3O3S. The zero-order chi connectivity index (χ0) is 19.6. The summed E-state index contributed by atoms with van der Waals surface area (Å²) in [4.78, 5) is 14.5. The highest BCUT2D eigenvalue weighted by Gasteiger charge is 2.61. The van der Waals surface area contributed by atoms with Gasteiger partial charge in [0.1, 0.15) is 11.5 Å². The third-order valence-corrected chi connectivity index (χ3v) is 6.64. The molecule has 2 aromatic carbocycles. The number of anilines is 1. The lowest BCUT2D eigenvalue weighted by Crippen LogP contribution is -2.55. The van der Waals surface area contributed by atoms with Gasteiger partial charge < -0.3 is 14.8 Å². The minimum Gasteiger partial charge on any atom is -0.497 e. The maximum atomic E-state index is 13.4. The van der Waals surface area contributed by atoms with Crippen molar-refractivity contribution in [2.75, 3.05) is 12.4 Å². The highest BCUT2D eigenvalue weighted by Crippen LogP contribution is 2.54. The number of hydrogen-bond donors (Lipinski definition) is 1. The average molecular weight is 403 g/mol. The van der Waals surface area contributed by atoms with Gasteiger partial charge in [-0.25, -0.2) is 5.01 Å². The van der Waals surface area contributed by atoms with Gasteiger partial charge in [-0.15, -0.1) is 11.3 Å². The highest BCUT2D eigenvalue weighted by atomic mass is 32.1. The summed E-state index contributed by atoms with van der Waals surface area (Å²) in [5, 5.41) is 11.8. The van der Waals surface area contributed by atoms with E-state index in [9.17, 15) is 4.79 Å². The predicted octanol–water partition coefficient (Wildman–Crippen LogP) is 4.11. The summed E-state index contributed by atoms with van der Waals surface area (Å²) in [7, 11) is 1.61. The Hall–Kier alpha value is -3.32. The first-order chi connectivity index (χ1) is 14.2. The largest absolute Gasteiger partial charge is 0.497 e. The number of carbonyl (C=O) groups excluding carboxylic acids is 1. The van der Waals surface area contributed by atoms with Crippen molar-refractivity contribution in [1.82, 2.24) is 5.01 Å². The van der Waals surface area contributed by atoms with Crippen LogP contribution in [-0.2, 0) is 10.5 Å². The molecule has 0 saturated heterocycles. The number of hydrazone groups is 1. The van der Waals surface area contributed by atoms with Crippen molar-refractivity contribution in [3.05, 3.63) is 76.0 Å². The zero-order valence-corrected chi connectivity index (χ0v) is 16.4. The molecule has 2 atom stereocenters. The van der Waals surface area contributed by atoms with Crippen LogP contribution in [0.1, 0.15) is 28.5 Å². The second-order valence-electron chi connectivity index (χ2n) is 7.24. The smallest absolute Gasteiger partial charge is 0.306 e. The molecule has 0 saturated carbocycles.